The van der Waals surface area contributed by atoms with Gasteiger partial charge in [0, 0.05) is 13.1 Å². The summed E-state index contributed by atoms with van der Waals surface area (Å²) in [5, 5.41) is 0. The molecule has 0 spiro atoms. The van der Waals surface area contributed by atoms with Gasteiger partial charge in [-0.25, -0.2) is 17.6 Å². The molecule has 0 fully saturated rings. The Bertz CT molecular complexity index is 1030. The predicted molar refractivity (Wildman–Crippen MR) is 100 cm³/mol. The number of sulfone groups is 1. The van der Waals surface area contributed by atoms with Crippen LogP contribution in [-0.4, -0.2) is 33.1 Å². The number of hydrogen-bond donors (Lipinski definition) is 0. The number of carbonyl (C=O) groups excluding carboxylic acids is 1. The number of ether oxygens (including phenoxy) is 2. The first-order chi connectivity index (χ1) is 13.2. The molecule has 0 atom stereocenters. The number of allylic oxidation sites excluding steroid dienone is 1. The number of hydrogen-bond acceptors (Lipinski definition) is 5. The molecule has 0 aliphatic carbocycles. The van der Waals surface area contributed by atoms with Crippen molar-refractivity contribution in [3.8, 4) is 5.75 Å². The normalized spacial score (nSPS) is 13.6. The van der Waals surface area contributed by atoms with E-state index in [1.807, 2.05) is 0 Å². The van der Waals surface area contributed by atoms with E-state index in [0.717, 1.165) is 17.7 Å². The third kappa shape index (κ3) is 3.87. The molecule has 2 aromatic carbocycles. The number of benzene rings is 2. The summed E-state index contributed by atoms with van der Waals surface area (Å²) in [5.41, 5.74) is 1.58. The number of amides is 1. The van der Waals surface area contributed by atoms with E-state index in [4.69, 9.17) is 9.47 Å². The molecule has 1 heterocycles. The van der Waals surface area contributed by atoms with Gasteiger partial charge in [-0.3, -0.25) is 0 Å². The average molecular weight is 405 g/mol. The average Bonchev–Trinajstić information content (AvgIpc) is 2.66. The molecule has 148 valence electrons. The van der Waals surface area contributed by atoms with E-state index in [1.165, 1.54) is 30.2 Å². The molecular weight excluding hydrogens is 385 g/mol. The van der Waals surface area contributed by atoms with Crippen LogP contribution < -0.4 is 4.74 Å². The molecule has 1 aliphatic heterocycles. The number of nitrogens with zero attached hydrogens (tertiary/aromatic N) is 1. The lowest BCUT2D eigenvalue weighted by molar-refractivity contribution is 0.124. The molecule has 0 radical (unpaired) electrons. The fourth-order valence-electron chi connectivity index (χ4n) is 3.04. The summed E-state index contributed by atoms with van der Waals surface area (Å²) in [4.78, 5) is 13.6. The van der Waals surface area contributed by atoms with Crippen LogP contribution in [-0.2, 0) is 27.5 Å². The molecule has 0 saturated carbocycles. The van der Waals surface area contributed by atoms with Gasteiger partial charge in [-0.05, 0) is 60.9 Å². The highest BCUT2D eigenvalue weighted by molar-refractivity contribution is 7.91. The first kappa shape index (κ1) is 19.9. The Balaban J connectivity index is 2.01. The van der Waals surface area contributed by atoms with Crippen LogP contribution in [0.2, 0.25) is 0 Å². The lowest BCUT2D eigenvalue weighted by atomic mass is 9.99. The van der Waals surface area contributed by atoms with Crippen molar-refractivity contribution in [3.63, 3.8) is 0 Å². The molecule has 1 aliphatic rings. The third-order valence-electron chi connectivity index (χ3n) is 4.43. The SMILES string of the molecule is C=C(C)OC(=O)N1CCc2cc(OC)c(S(=O)(=O)c3ccc(F)cc3)cc2C1. The van der Waals surface area contributed by atoms with Gasteiger partial charge in [0.1, 0.15) is 16.5 Å². The van der Waals surface area contributed by atoms with E-state index in [2.05, 4.69) is 6.58 Å². The smallest absolute Gasteiger partial charge is 0.415 e. The second-order valence-corrected chi connectivity index (χ2v) is 8.39. The quantitative estimate of drug-likeness (QED) is 0.573. The Morgan fingerprint density at radius 1 is 1.18 bits per heavy atom. The van der Waals surface area contributed by atoms with Crippen molar-refractivity contribution in [2.45, 2.75) is 29.7 Å². The van der Waals surface area contributed by atoms with Crippen LogP contribution in [0.5, 0.6) is 5.75 Å². The summed E-state index contributed by atoms with van der Waals surface area (Å²) in [7, 11) is -2.54. The van der Waals surface area contributed by atoms with Gasteiger partial charge in [-0.2, -0.15) is 0 Å². The fraction of sp³-hybridized carbons (Fsp3) is 0.250. The maximum absolute atomic E-state index is 13.2. The van der Waals surface area contributed by atoms with Crippen molar-refractivity contribution >= 4 is 15.9 Å². The van der Waals surface area contributed by atoms with E-state index < -0.39 is 21.7 Å². The summed E-state index contributed by atoms with van der Waals surface area (Å²) in [5.74, 6) is -0.0332. The van der Waals surface area contributed by atoms with Gasteiger partial charge in [-0.1, -0.05) is 6.58 Å². The minimum Gasteiger partial charge on any atom is -0.495 e. The number of carbonyl (C=O) groups is 1. The van der Waals surface area contributed by atoms with Gasteiger partial charge < -0.3 is 14.4 Å². The molecule has 3 rings (SSSR count). The third-order valence-corrected chi connectivity index (χ3v) is 6.22. The minimum atomic E-state index is -3.93. The molecule has 0 bridgehead atoms. The Kier molecular flexibility index (Phi) is 5.42. The monoisotopic (exact) mass is 405 g/mol. The molecule has 0 unspecified atom stereocenters. The lowest BCUT2D eigenvalue weighted by Crippen LogP contribution is -2.36. The van der Waals surface area contributed by atoms with Crippen molar-refractivity contribution in [3.05, 3.63) is 65.7 Å². The first-order valence-electron chi connectivity index (χ1n) is 8.55. The van der Waals surface area contributed by atoms with Gasteiger partial charge in [0.05, 0.1) is 17.8 Å². The van der Waals surface area contributed by atoms with Crippen LogP contribution in [0.25, 0.3) is 0 Å². The molecule has 0 aromatic heterocycles. The number of fused-ring (bicyclic) bond motifs is 1. The van der Waals surface area contributed by atoms with Gasteiger partial charge >= 0.3 is 6.09 Å². The van der Waals surface area contributed by atoms with Crippen molar-refractivity contribution in [1.82, 2.24) is 4.90 Å². The molecule has 28 heavy (non-hydrogen) atoms. The van der Waals surface area contributed by atoms with Gasteiger partial charge in [0.15, 0.2) is 0 Å². The predicted octanol–water partition coefficient (Wildman–Crippen LogP) is 3.70. The van der Waals surface area contributed by atoms with E-state index in [0.29, 0.717) is 18.5 Å². The van der Waals surface area contributed by atoms with Crippen LogP contribution in [0.15, 0.2) is 58.5 Å². The number of rotatable bonds is 4. The molecule has 0 N–H and O–H groups in total. The summed E-state index contributed by atoms with van der Waals surface area (Å²) < 4.78 is 49.6. The molecule has 1 amide bonds. The molecule has 0 saturated heterocycles. The summed E-state index contributed by atoms with van der Waals surface area (Å²) in [6, 6.07) is 7.78. The Morgan fingerprint density at radius 3 is 2.46 bits per heavy atom. The van der Waals surface area contributed by atoms with Crippen LogP contribution in [0, 0.1) is 5.82 Å². The molecular formula is C20H20FNO5S. The number of methoxy groups -OCH3 is 1. The zero-order valence-electron chi connectivity index (χ0n) is 15.6. The standard InChI is InChI=1S/C20H20FNO5S/c1-13(2)27-20(23)22-9-8-14-10-18(26-3)19(11-15(14)12-22)28(24,25)17-6-4-16(21)5-7-17/h4-7,10-11H,1,8-9,12H2,2-3H3. The zero-order chi connectivity index (χ0) is 20.5. The van der Waals surface area contributed by atoms with Crippen LogP contribution in [0.4, 0.5) is 9.18 Å². The van der Waals surface area contributed by atoms with Crippen molar-refractivity contribution in [1.29, 1.82) is 0 Å². The topological polar surface area (TPSA) is 72.9 Å². The van der Waals surface area contributed by atoms with E-state index in [1.54, 1.807) is 13.0 Å². The van der Waals surface area contributed by atoms with Crippen molar-refractivity contribution < 1.29 is 27.1 Å². The van der Waals surface area contributed by atoms with Crippen molar-refractivity contribution in [2.24, 2.45) is 0 Å². The fourth-order valence-corrected chi connectivity index (χ4v) is 4.50. The van der Waals surface area contributed by atoms with Gasteiger partial charge in [-0.15, -0.1) is 0 Å². The summed E-state index contributed by atoms with van der Waals surface area (Å²) >= 11 is 0. The zero-order valence-corrected chi connectivity index (χ0v) is 16.4. The Hall–Kier alpha value is -2.87. The highest BCUT2D eigenvalue weighted by Gasteiger charge is 2.28. The Morgan fingerprint density at radius 2 is 1.86 bits per heavy atom. The minimum absolute atomic E-state index is 0.0320. The van der Waals surface area contributed by atoms with Crippen molar-refractivity contribution in [2.75, 3.05) is 13.7 Å². The number of halogens is 1. The second kappa shape index (κ2) is 7.63. The van der Waals surface area contributed by atoms with E-state index in [9.17, 15) is 17.6 Å². The lowest BCUT2D eigenvalue weighted by Gasteiger charge is -2.29. The van der Waals surface area contributed by atoms with E-state index in [-0.39, 0.29) is 27.8 Å². The largest absolute Gasteiger partial charge is 0.495 e. The van der Waals surface area contributed by atoms with Crippen LogP contribution in [0.1, 0.15) is 18.1 Å². The van der Waals surface area contributed by atoms with Gasteiger partial charge in [0.2, 0.25) is 9.84 Å². The molecule has 8 heteroatoms. The molecule has 2 aromatic rings. The molecule has 6 nitrogen and oxygen atoms in total. The maximum Gasteiger partial charge on any atom is 0.415 e. The highest BCUT2D eigenvalue weighted by atomic mass is 32.2. The summed E-state index contributed by atoms with van der Waals surface area (Å²) in [6.07, 6.45) is 0.00494. The van der Waals surface area contributed by atoms with E-state index >= 15 is 0 Å². The second-order valence-electron chi connectivity index (χ2n) is 6.47. The Labute approximate surface area is 163 Å². The van der Waals surface area contributed by atoms with Crippen LogP contribution >= 0.6 is 0 Å². The summed E-state index contributed by atoms with van der Waals surface area (Å²) in [6.45, 7) is 5.77. The maximum atomic E-state index is 13.2. The highest BCUT2D eigenvalue weighted by Crippen LogP contribution is 2.34. The van der Waals surface area contributed by atoms with Crippen LogP contribution in [0.3, 0.4) is 0 Å². The van der Waals surface area contributed by atoms with Gasteiger partial charge in [0.25, 0.3) is 0 Å². The first-order valence-corrected chi connectivity index (χ1v) is 10.0.